The van der Waals surface area contributed by atoms with Gasteiger partial charge in [0, 0.05) is 32.2 Å². The summed E-state index contributed by atoms with van der Waals surface area (Å²) in [5.74, 6) is 0.218. The number of halogens is 1. The number of nitrogens with zero attached hydrogens (tertiary/aromatic N) is 2. The quantitative estimate of drug-likeness (QED) is 0.883. The van der Waals surface area contributed by atoms with E-state index in [-0.39, 0.29) is 11.9 Å². The maximum atomic E-state index is 12.6. The Morgan fingerprint density at radius 2 is 1.96 bits per heavy atom. The van der Waals surface area contributed by atoms with E-state index in [1.807, 2.05) is 29.2 Å². The summed E-state index contributed by atoms with van der Waals surface area (Å²) in [7, 11) is 0. The van der Waals surface area contributed by atoms with Gasteiger partial charge in [-0.25, -0.2) is 5.43 Å². The monoisotopic (exact) mass is 336 g/mol. The Morgan fingerprint density at radius 3 is 2.65 bits per heavy atom. The fourth-order valence-corrected chi connectivity index (χ4v) is 3.67. The van der Waals surface area contributed by atoms with Crippen LogP contribution in [-0.2, 0) is 4.79 Å². The van der Waals surface area contributed by atoms with Gasteiger partial charge in [-0.2, -0.15) is 0 Å². The van der Waals surface area contributed by atoms with E-state index in [2.05, 4.69) is 22.7 Å². The van der Waals surface area contributed by atoms with Crippen molar-refractivity contribution in [3.8, 4) is 0 Å². The van der Waals surface area contributed by atoms with Gasteiger partial charge in [0.15, 0.2) is 0 Å². The molecule has 2 aliphatic rings. The molecule has 2 heterocycles. The highest BCUT2D eigenvalue weighted by Gasteiger charge is 2.33. The summed E-state index contributed by atoms with van der Waals surface area (Å²) >= 11 is 6.27. The Balaban J connectivity index is 1.53. The molecule has 2 atom stereocenters. The number of hydrogen-bond acceptors (Lipinski definition) is 4. The first-order chi connectivity index (χ1) is 11.2. The maximum absolute atomic E-state index is 12.6. The maximum Gasteiger partial charge on any atom is 0.241 e. The van der Waals surface area contributed by atoms with Gasteiger partial charge in [0.2, 0.25) is 5.91 Å². The standard InChI is InChI=1S/C17H25ClN4O/c1-2-5-13-12-15(20-19-13)17(23)22-10-8-21(9-11-22)16-7-4-3-6-14(16)18/h3-4,6-7,13,15,19-20H,2,5,8-12H2,1H3. The average molecular weight is 337 g/mol. The number of hydrogen-bond donors (Lipinski definition) is 2. The molecule has 0 aromatic heterocycles. The van der Waals surface area contributed by atoms with Crippen LogP contribution in [0.25, 0.3) is 0 Å². The van der Waals surface area contributed by atoms with Gasteiger partial charge in [-0.15, -0.1) is 0 Å². The lowest BCUT2D eigenvalue weighted by Gasteiger charge is -2.37. The molecule has 0 aliphatic carbocycles. The van der Waals surface area contributed by atoms with Gasteiger partial charge in [0.05, 0.1) is 10.7 Å². The number of benzene rings is 1. The van der Waals surface area contributed by atoms with Crippen molar-refractivity contribution in [2.45, 2.75) is 38.3 Å². The predicted molar refractivity (Wildman–Crippen MR) is 93.6 cm³/mol. The molecule has 1 aromatic carbocycles. The summed E-state index contributed by atoms with van der Waals surface area (Å²) in [6.45, 7) is 5.33. The number of carbonyl (C=O) groups is 1. The topological polar surface area (TPSA) is 47.6 Å². The summed E-state index contributed by atoms with van der Waals surface area (Å²) in [4.78, 5) is 16.9. The van der Waals surface area contributed by atoms with E-state index in [1.54, 1.807) is 0 Å². The number of nitrogens with one attached hydrogen (secondary N) is 2. The van der Waals surface area contributed by atoms with Gasteiger partial charge in [-0.05, 0) is 25.0 Å². The Hall–Kier alpha value is -1.30. The van der Waals surface area contributed by atoms with Crippen molar-refractivity contribution >= 4 is 23.2 Å². The van der Waals surface area contributed by atoms with Crippen LogP contribution in [0, 0.1) is 0 Å². The van der Waals surface area contributed by atoms with E-state index in [4.69, 9.17) is 11.6 Å². The van der Waals surface area contributed by atoms with Crippen molar-refractivity contribution < 1.29 is 4.79 Å². The van der Waals surface area contributed by atoms with Gasteiger partial charge in [0.25, 0.3) is 0 Å². The van der Waals surface area contributed by atoms with Gasteiger partial charge >= 0.3 is 0 Å². The number of rotatable bonds is 4. The number of amides is 1. The number of piperazine rings is 1. The number of carbonyl (C=O) groups excluding carboxylic acids is 1. The summed E-state index contributed by atoms with van der Waals surface area (Å²) in [6.07, 6.45) is 3.13. The molecule has 0 spiro atoms. The van der Waals surface area contributed by atoms with Crippen molar-refractivity contribution in [2.75, 3.05) is 31.1 Å². The number of anilines is 1. The molecule has 6 heteroatoms. The zero-order chi connectivity index (χ0) is 16.2. The molecule has 0 bridgehead atoms. The minimum Gasteiger partial charge on any atom is -0.367 e. The fraction of sp³-hybridized carbons (Fsp3) is 0.588. The van der Waals surface area contributed by atoms with E-state index in [9.17, 15) is 4.79 Å². The lowest BCUT2D eigenvalue weighted by Crippen LogP contribution is -2.53. The van der Waals surface area contributed by atoms with Crippen molar-refractivity contribution in [2.24, 2.45) is 0 Å². The lowest BCUT2D eigenvalue weighted by molar-refractivity contribution is -0.133. The normalized spacial score (nSPS) is 25.0. The summed E-state index contributed by atoms with van der Waals surface area (Å²) < 4.78 is 0. The smallest absolute Gasteiger partial charge is 0.241 e. The molecule has 1 amide bonds. The second kappa shape index (κ2) is 7.51. The Labute approximate surface area is 142 Å². The lowest BCUT2D eigenvalue weighted by atomic mass is 10.0. The minimum atomic E-state index is -0.0848. The highest BCUT2D eigenvalue weighted by molar-refractivity contribution is 6.33. The van der Waals surface area contributed by atoms with Crippen LogP contribution in [0.3, 0.4) is 0 Å². The molecular formula is C17H25ClN4O. The van der Waals surface area contributed by atoms with Crippen LogP contribution < -0.4 is 15.8 Å². The SMILES string of the molecule is CCCC1CC(C(=O)N2CCN(c3ccccc3Cl)CC2)NN1. The molecule has 0 saturated carbocycles. The van der Waals surface area contributed by atoms with E-state index in [0.717, 1.165) is 56.2 Å². The zero-order valence-corrected chi connectivity index (χ0v) is 14.4. The predicted octanol–water partition coefficient (Wildman–Crippen LogP) is 2.02. The summed E-state index contributed by atoms with van der Waals surface area (Å²) in [5.41, 5.74) is 7.47. The summed E-state index contributed by atoms with van der Waals surface area (Å²) in [5, 5.41) is 0.774. The van der Waals surface area contributed by atoms with Crippen molar-refractivity contribution in [3.05, 3.63) is 29.3 Å². The second-order valence-corrected chi connectivity index (χ2v) is 6.73. The molecule has 0 radical (unpaired) electrons. The first-order valence-corrected chi connectivity index (χ1v) is 8.86. The molecule has 126 valence electrons. The second-order valence-electron chi connectivity index (χ2n) is 6.33. The highest BCUT2D eigenvalue weighted by atomic mass is 35.5. The molecule has 2 fully saturated rings. The Bertz CT molecular complexity index is 545. The van der Waals surface area contributed by atoms with Crippen LogP contribution in [0.2, 0.25) is 5.02 Å². The van der Waals surface area contributed by atoms with Gasteiger partial charge in [-0.3, -0.25) is 10.2 Å². The molecular weight excluding hydrogens is 312 g/mol. The molecule has 2 N–H and O–H groups in total. The first-order valence-electron chi connectivity index (χ1n) is 8.48. The van der Waals surface area contributed by atoms with Crippen LogP contribution in [0.15, 0.2) is 24.3 Å². The third-order valence-electron chi connectivity index (χ3n) is 4.70. The fourth-order valence-electron chi connectivity index (χ4n) is 3.42. The summed E-state index contributed by atoms with van der Waals surface area (Å²) in [6, 6.07) is 8.23. The molecule has 3 rings (SSSR count). The van der Waals surface area contributed by atoms with Crippen molar-refractivity contribution in [1.29, 1.82) is 0 Å². The average Bonchev–Trinajstić information content (AvgIpc) is 3.04. The largest absolute Gasteiger partial charge is 0.367 e. The number of para-hydroxylation sites is 1. The third-order valence-corrected chi connectivity index (χ3v) is 5.02. The highest BCUT2D eigenvalue weighted by Crippen LogP contribution is 2.26. The van der Waals surface area contributed by atoms with Gasteiger partial charge in [-0.1, -0.05) is 37.1 Å². The van der Waals surface area contributed by atoms with E-state index >= 15 is 0 Å². The van der Waals surface area contributed by atoms with Gasteiger partial charge < -0.3 is 9.80 Å². The number of hydrazine groups is 1. The van der Waals surface area contributed by atoms with Crippen LogP contribution in [0.5, 0.6) is 0 Å². The van der Waals surface area contributed by atoms with Crippen LogP contribution in [0.4, 0.5) is 5.69 Å². The Kier molecular flexibility index (Phi) is 5.41. The molecule has 2 aliphatic heterocycles. The van der Waals surface area contributed by atoms with Crippen LogP contribution in [0.1, 0.15) is 26.2 Å². The Morgan fingerprint density at radius 1 is 1.22 bits per heavy atom. The molecule has 2 unspecified atom stereocenters. The molecule has 23 heavy (non-hydrogen) atoms. The zero-order valence-electron chi connectivity index (χ0n) is 13.6. The third kappa shape index (κ3) is 3.79. The van der Waals surface area contributed by atoms with E-state index in [0.29, 0.717) is 6.04 Å². The van der Waals surface area contributed by atoms with Crippen molar-refractivity contribution in [1.82, 2.24) is 15.8 Å². The molecule has 5 nitrogen and oxygen atoms in total. The molecule has 2 saturated heterocycles. The van der Waals surface area contributed by atoms with E-state index in [1.165, 1.54) is 0 Å². The first kappa shape index (κ1) is 16.6. The minimum absolute atomic E-state index is 0.0848. The van der Waals surface area contributed by atoms with E-state index < -0.39 is 0 Å². The van der Waals surface area contributed by atoms with Crippen molar-refractivity contribution in [3.63, 3.8) is 0 Å². The van der Waals surface area contributed by atoms with Gasteiger partial charge in [0.1, 0.15) is 6.04 Å². The van der Waals surface area contributed by atoms with Crippen LogP contribution >= 0.6 is 11.6 Å². The van der Waals surface area contributed by atoms with Crippen LogP contribution in [-0.4, -0.2) is 49.1 Å². The molecule has 1 aromatic rings.